The lowest BCUT2D eigenvalue weighted by molar-refractivity contribution is -0.111. The molecule has 1 N–H and O–H groups in total. The molecule has 0 unspecified atom stereocenters. The van der Waals surface area contributed by atoms with Crippen LogP contribution in [0.15, 0.2) is 40.3 Å². The van der Waals surface area contributed by atoms with E-state index >= 15 is 0 Å². The lowest BCUT2D eigenvalue weighted by Gasteiger charge is -2.14. The number of nitrogens with zero attached hydrogens (tertiary/aromatic N) is 3. The van der Waals surface area contributed by atoms with Crippen LogP contribution in [-0.2, 0) is 9.59 Å². The van der Waals surface area contributed by atoms with Crippen molar-refractivity contribution in [3.8, 4) is 0 Å². The van der Waals surface area contributed by atoms with Gasteiger partial charge in [-0.1, -0.05) is 0 Å². The minimum Gasteiger partial charge on any atom is -0.378 e. The molecular weight excluding hydrogens is 268 g/mol. The van der Waals surface area contributed by atoms with E-state index in [9.17, 15) is 9.59 Å². The Morgan fingerprint density at radius 3 is 2.67 bits per heavy atom. The van der Waals surface area contributed by atoms with Gasteiger partial charge in [-0.15, -0.1) is 0 Å². The molecule has 0 aliphatic carbocycles. The van der Waals surface area contributed by atoms with Crippen molar-refractivity contribution in [3.63, 3.8) is 0 Å². The van der Waals surface area contributed by atoms with E-state index < -0.39 is 0 Å². The fourth-order valence-corrected chi connectivity index (χ4v) is 1.82. The van der Waals surface area contributed by atoms with Gasteiger partial charge in [-0.2, -0.15) is 0 Å². The van der Waals surface area contributed by atoms with Gasteiger partial charge >= 0.3 is 0 Å². The van der Waals surface area contributed by atoms with Crippen molar-refractivity contribution >= 4 is 35.2 Å². The number of nitrogens with one attached hydrogen (secondary N) is 1. The number of amidine groups is 2. The van der Waals surface area contributed by atoms with E-state index in [1.807, 2.05) is 44.1 Å². The molecule has 6 heteroatoms. The number of anilines is 1. The Bertz CT molecular complexity index is 672. The predicted octanol–water partition coefficient (Wildman–Crippen LogP) is 1.37. The Morgan fingerprint density at radius 2 is 2.05 bits per heavy atom. The van der Waals surface area contributed by atoms with Crippen molar-refractivity contribution in [1.82, 2.24) is 5.32 Å². The standard InChI is InChI=1S/C15H16N4O2/c1-10-8-11(19(2)3)4-5-12(10)17-14-7-6-13(21)15(18-14)16-9-20/h4-9H,1-3H3,(H,16,17,18,20). The van der Waals surface area contributed by atoms with Crippen LogP contribution in [0, 0.1) is 6.92 Å². The van der Waals surface area contributed by atoms with Gasteiger partial charge in [0.15, 0.2) is 11.7 Å². The molecule has 0 atom stereocenters. The molecule has 1 heterocycles. The van der Waals surface area contributed by atoms with Crippen LogP contribution in [0.3, 0.4) is 0 Å². The van der Waals surface area contributed by atoms with Crippen LogP contribution in [0.4, 0.5) is 11.4 Å². The lowest BCUT2D eigenvalue weighted by Crippen LogP contribution is -2.31. The third-order valence-electron chi connectivity index (χ3n) is 2.97. The Labute approximate surface area is 122 Å². The van der Waals surface area contributed by atoms with Crippen LogP contribution >= 0.6 is 0 Å². The number of hydrogen-bond donors (Lipinski definition) is 1. The number of hydrogen-bond acceptors (Lipinski definition) is 4. The minimum atomic E-state index is -0.347. The highest BCUT2D eigenvalue weighted by Crippen LogP contribution is 2.24. The second-order valence-electron chi connectivity index (χ2n) is 4.76. The van der Waals surface area contributed by atoms with Crippen molar-refractivity contribution in [2.75, 3.05) is 19.0 Å². The third-order valence-corrected chi connectivity index (χ3v) is 2.97. The second kappa shape index (κ2) is 6.13. The average Bonchev–Trinajstić information content (AvgIpc) is 2.44. The molecule has 0 spiro atoms. The van der Waals surface area contributed by atoms with Gasteiger partial charge in [0.2, 0.25) is 12.2 Å². The summed E-state index contributed by atoms with van der Waals surface area (Å²) in [6.07, 6.45) is 3.28. The lowest BCUT2D eigenvalue weighted by atomic mass is 10.1. The Hall–Kier alpha value is -2.76. The van der Waals surface area contributed by atoms with Gasteiger partial charge < -0.3 is 10.2 Å². The molecule has 0 saturated heterocycles. The van der Waals surface area contributed by atoms with Crippen LogP contribution in [0.25, 0.3) is 0 Å². The van der Waals surface area contributed by atoms with E-state index in [0.29, 0.717) is 12.2 Å². The molecule has 2 rings (SSSR count). The van der Waals surface area contributed by atoms with Crippen LogP contribution in [0.2, 0.25) is 0 Å². The molecule has 108 valence electrons. The summed E-state index contributed by atoms with van der Waals surface area (Å²) < 4.78 is 0. The molecule has 0 aromatic heterocycles. The van der Waals surface area contributed by atoms with Crippen LogP contribution in [0.1, 0.15) is 5.56 Å². The number of benzene rings is 1. The summed E-state index contributed by atoms with van der Waals surface area (Å²) >= 11 is 0. The van der Waals surface area contributed by atoms with Gasteiger partial charge in [0.1, 0.15) is 0 Å². The molecule has 1 aromatic carbocycles. The van der Waals surface area contributed by atoms with Crippen LogP contribution < -0.4 is 10.2 Å². The van der Waals surface area contributed by atoms with Crippen molar-refractivity contribution in [3.05, 3.63) is 35.9 Å². The van der Waals surface area contributed by atoms with E-state index in [1.165, 1.54) is 12.2 Å². The normalized spacial score (nSPS) is 15.9. The maximum absolute atomic E-state index is 11.5. The van der Waals surface area contributed by atoms with Crippen LogP contribution in [-0.4, -0.2) is 38.0 Å². The smallest absolute Gasteiger partial charge is 0.221 e. The first-order valence-corrected chi connectivity index (χ1v) is 6.39. The van der Waals surface area contributed by atoms with Crippen LogP contribution in [0.5, 0.6) is 0 Å². The Kier molecular flexibility index (Phi) is 4.27. The predicted molar refractivity (Wildman–Crippen MR) is 83.4 cm³/mol. The molecule has 1 aromatic rings. The first-order valence-electron chi connectivity index (χ1n) is 6.39. The molecule has 1 amide bonds. The summed E-state index contributed by atoms with van der Waals surface area (Å²) in [5, 5.41) is 2.27. The summed E-state index contributed by atoms with van der Waals surface area (Å²) in [4.78, 5) is 32.3. The van der Waals surface area contributed by atoms with E-state index in [0.717, 1.165) is 16.9 Å². The first-order chi connectivity index (χ1) is 10.0. The minimum absolute atomic E-state index is 0.0196. The molecular formula is C15H16N4O2. The fourth-order valence-electron chi connectivity index (χ4n) is 1.82. The Morgan fingerprint density at radius 1 is 1.29 bits per heavy atom. The first kappa shape index (κ1) is 14.6. The van der Waals surface area contributed by atoms with Crippen molar-refractivity contribution in [2.24, 2.45) is 9.98 Å². The number of carbonyl (C=O) groups is 2. The summed E-state index contributed by atoms with van der Waals surface area (Å²) in [6.45, 7) is 1.96. The maximum atomic E-state index is 11.5. The second-order valence-corrected chi connectivity index (χ2v) is 4.76. The van der Waals surface area contributed by atoms with Crippen molar-refractivity contribution in [2.45, 2.75) is 6.92 Å². The monoisotopic (exact) mass is 284 g/mol. The van der Waals surface area contributed by atoms with Gasteiger partial charge in [0.25, 0.3) is 0 Å². The quantitative estimate of drug-likeness (QED) is 0.852. The largest absolute Gasteiger partial charge is 0.378 e. The number of carbonyl (C=O) groups excluding carboxylic acids is 2. The zero-order valence-electron chi connectivity index (χ0n) is 12.1. The molecule has 0 bridgehead atoms. The SMILES string of the molecule is Cc1cc(N(C)C)ccc1N=C1C=CC(=O)C(NC=O)=N1. The highest BCUT2D eigenvalue weighted by atomic mass is 16.1. The highest BCUT2D eigenvalue weighted by Gasteiger charge is 2.13. The van der Waals surface area contributed by atoms with Gasteiger partial charge in [0.05, 0.1) is 5.69 Å². The summed E-state index contributed by atoms with van der Waals surface area (Å²) in [5.74, 6) is 0.00851. The zero-order valence-corrected chi connectivity index (χ0v) is 12.1. The molecule has 0 saturated carbocycles. The summed E-state index contributed by atoms with van der Waals surface area (Å²) in [7, 11) is 3.94. The Balaban J connectivity index is 2.33. The number of aliphatic imine (C=N–C) groups is 2. The molecule has 0 fully saturated rings. The molecule has 0 radical (unpaired) electrons. The number of aryl methyl sites for hydroxylation is 1. The molecule has 6 nitrogen and oxygen atoms in total. The van der Waals surface area contributed by atoms with Gasteiger partial charge in [-0.05, 0) is 42.8 Å². The number of rotatable bonds is 3. The van der Waals surface area contributed by atoms with Crippen molar-refractivity contribution in [1.29, 1.82) is 0 Å². The van der Waals surface area contributed by atoms with Crippen molar-refractivity contribution < 1.29 is 9.59 Å². The number of ketones is 1. The third kappa shape index (κ3) is 3.42. The average molecular weight is 284 g/mol. The molecule has 21 heavy (non-hydrogen) atoms. The maximum Gasteiger partial charge on any atom is 0.221 e. The van der Waals surface area contributed by atoms with Gasteiger partial charge in [-0.3, -0.25) is 9.59 Å². The molecule has 1 aliphatic rings. The van der Waals surface area contributed by atoms with Gasteiger partial charge in [0, 0.05) is 19.8 Å². The topological polar surface area (TPSA) is 74.1 Å². The summed E-state index contributed by atoms with van der Waals surface area (Å²) in [6, 6.07) is 5.87. The fraction of sp³-hybridized carbons (Fsp3) is 0.200. The number of amides is 1. The number of dihydropyridines is 1. The highest BCUT2D eigenvalue weighted by molar-refractivity contribution is 6.48. The van der Waals surface area contributed by atoms with Gasteiger partial charge in [-0.25, -0.2) is 9.98 Å². The molecule has 1 aliphatic heterocycles. The van der Waals surface area contributed by atoms with E-state index in [2.05, 4.69) is 15.3 Å². The summed E-state index contributed by atoms with van der Waals surface area (Å²) in [5.41, 5.74) is 2.85. The van der Waals surface area contributed by atoms with E-state index in [1.54, 1.807) is 0 Å². The van der Waals surface area contributed by atoms with E-state index in [4.69, 9.17) is 0 Å². The zero-order chi connectivity index (χ0) is 15.4. The van der Waals surface area contributed by atoms with E-state index in [-0.39, 0.29) is 11.6 Å².